The van der Waals surface area contributed by atoms with Crippen molar-refractivity contribution in [1.82, 2.24) is 4.90 Å². The summed E-state index contributed by atoms with van der Waals surface area (Å²) < 4.78 is 12.8. The second kappa shape index (κ2) is 16.9. The molecule has 5 nitrogen and oxygen atoms in total. The largest absolute Gasteiger partial charge is 0.485 e. The molecule has 0 amide bonds. The highest BCUT2D eigenvalue weighted by Crippen LogP contribution is 2.70. The van der Waals surface area contributed by atoms with Crippen molar-refractivity contribution in [2.45, 2.75) is 179 Å². The van der Waals surface area contributed by atoms with Gasteiger partial charge in [-0.15, -0.1) is 0 Å². The summed E-state index contributed by atoms with van der Waals surface area (Å²) in [5.74, 6) is 2.45. The number of ether oxygens (including phenoxy) is 2. The number of hydrogen-bond acceptors (Lipinski definition) is 5. The van der Waals surface area contributed by atoms with E-state index in [0.29, 0.717) is 18.1 Å². The van der Waals surface area contributed by atoms with Crippen LogP contribution in [0, 0.1) is 23.2 Å². The highest BCUT2D eigenvalue weighted by atomic mass is 16.6. The summed E-state index contributed by atoms with van der Waals surface area (Å²) in [5.41, 5.74) is -0.0368. The highest BCUT2D eigenvalue weighted by Gasteiger charge is 2.76. The summed E-state index contributed by atoms with van der Waals surface area (Å²) in [5, 5.41) is 12.6. The Morgan fingerprint density at radius 2 is 1.60 bits per heavy atom. The third kappa shape index (κ3) is 7.88. The first kappa shape index (κ1) is 36.0. The first-order chi connectivity index (χ1) is 23.5. The molecule has 6 atom stereocenters. The van der Waals surface area contributed by atoms with Gasteiger partial charge in [0.15, 0.2) is 5.76 Å². The molecule has 268 valence electrons. The van der Waals surface area contributed by atoms with Gasteiger partial charge >= 0.3 is 5.97 Å². The van der Waals surface area contributed by atoms with Crippen LogP contribution in [0.4, 0.5) is 0 Å². The van der Waals surface area contributed by atoms with Gasteiger partial charge in [0.05, 0.1) is 11.0 Å². The highest BCUT2D eigenvalue weighted by molar-refractivity contribution is 5.71. The maximum absolute atomic E-state index is 13.0. The van der Waals surface area contributed by atoms with Crippen LogP contribution in [0.2, 0.25) is 0 Å². The van der Waals surface area contributed by atoms with E-state index in [2.05, 4.69) is 36.6 Å². The molecule has 48 heavy (non-hydrogen) atoms. The van der Waals surface area contributed by atoms with Crippen molar-refractivity contribution in [2.75, 3.05) is 13.1 Å². The second-order valence-corrected chi connectivity index (χ2v) is 16.5. The molecule has 3 unspecified atom stereocenters. The molecular weight excluding hydrogens is 594 g/mol. The number of piperidine rings is 1. The third-order valence-electron chi connectivity index (χ3n) is 13.1. The zero-order valence-corrected chi connectivity index (χ0v) is 30.4. The summed E-state index contributed by atoms with van der Waals surface area (Å²) in [7, 11) is 0. The van der Waals surface area contributed by atoms with Crippen molar-refractivity contribution in [3.63, 3.8) is 0 Å². The molecule has 2 saturated heterocycles. The van der Waals surface area contributed by atoms with Gasteiger partial charge in [-0.05, 0) is 101 Å². The van der Waals surface area contributed by atoms with Gasteiger partial charge in [0, 0.05) is 24.9 Å². The third-order valence-corrected chi connectivity index (χ3v) is 13.1. The minimum Gasteiger partial charge on any atom is -0.485 e. The van der Waals surface area contributed by atoms with Crippen LogP contribution in [0.5, 0.6) is 0 Å². The average Bonchev–Trinajstić information content (AvgIpc) is 3.82. The topological polar surface area (TPSA) is 59.0 Å². The molecule has 5 fully saturated rings. The summed E-state index contributed by atoms with van der Waals surface area (Å²) >= 11 is 0. The van der Waals surface area contributed by atoms with E-state index >= 15 is 0 Å². The van der Waals surface area contributed by atoms with E-state index in [0.717, 1.165) is 68.9 Å². The molecule has 2 heterocycles. The van der Waals surface area contributed by atoms with E-state index in [-0.39, 0.29) is 29.4 Å². The van der Waals surface area contributed by atoms with Gasteiger partial charge in [-0.25, -0.2) is 0 Å². The molecule has 2 aliphatic heterocycles. The lowest BCUT2D eigenvalue weighted by atomic mass is 9.44. The van der Waals surface area contributed by atoms with Gasteiger partial charge in [0.25, 0.3) is 0 Å². The molecule has 5 heteroatoms. The Morgan fingerprint density at radius 1 is 0.958 bits per heavy atom. The van der Waals surface area contributed by atoms with E-state index in [1.807, 2.05) is 6.08 Å². The van der Waals surface area contributed by atoms with Gasteiger partial charge in [0.2, 0.25) is 0 Å². The standard InChI is InChI=1S/C43H67NO4/c1-3-4-5-6-7-8-9-10-11-12-13-14-15-16-17-18-19-20-21-22-38(45)47-36-26-25-35-31-37-43(46)28-27-33(2)41-42(43,39(35)40(36)48-41)29-30-44(37)32-34-23-24-34/h10-11,25-26,34-35,37,39,41,46H,2-9,12-24,27-32H2,1H3/b11-10-/t35?,37?,39?,41-,42-,43+/m0/s1. The van der Waals surface area contributed by atoms with Crippen LogP contribution >= 0.6 is 0 Å². The summed E-state index contributed by atoms with van der Waals surface area (Å²) in [6, 6.07) is 0.173. The molecule has 0 aromatic carbocycles. The second-order valence-electron chi connectivity index (χ2n) is 16.5. The Hall–Kier alpha value is -1.85. The van der Waals surface area contributed by atoms with Crippen LogP contribution in [0.25, 0.3) is 0 Å². The van der Waals surface area contributed by atoms with Crippen molar-refractivity contribution >= 4 is 5.97 Å². The number of unbranched alkanes of at least 4 members (excludes halogenated alkanes) is 15. The Balaban J connectivity index is 0.869. The van der Waals surface area contributed by atoms with Crippen LogP contribution in [-0.2, 0) is 14.3 Å². The number of nitrogens with zero attached hydrogens (tertiary/aromatic N) is 1. The minimum absolute atomic E-state index is 0.0723. The zero-order chi connectivity index (χ0) is 33.4. The van der Waals surface area contributed by atoms with Gasteiger partial charge in [-0.2, -0.15) is 0 Å². The summed E-state index contributed by atoms with van der Waals surface area (Å²) in [6.07, 6.45) is 37.3. The predicted molar refractivity (Wildman–Crippen MR) is 195 cm³/mol. The molecule has 3 saturated carbocycles. The molecule has 2 bridgehead atoms. The lowest BCUT2D eigenvalue weighted by Gasteiger charge is -2.66. The van der Waals surface area contributed by atoms with Crippen LogP contribution in [0.3, 0.4) is 0 Å². The van der Waals surface area contributed by atoms with Crippen molar-refractivity contribution in [3.8, 4) is 0 Å². The van der Waals surface area contributed by atoms with Gasteiger partial charge in [0.1, 0.15) is 11.9 Å². The van der Waals surface area contributed by atoms with Gasteiger partial charge in [-0.1, -0.05) is 109 Å². The lowest BCUT2D eigenvalue weighted by Crippen LogP contribution is -2.75. The van der Waals surface area contributed by atoms with E-state index in [1.54, 1.807) is 0 Å². The Kier molecular flexibility index (Phi) is 12.7. The van der Waals surface area contributed by atoms with E-state index in [4.69, 9.17) is 9.47 Å². The molecule has 6 aliphatic rings. The van der Waals surface area contributed by atoms with Crippen LogP contribution in [0.1, 0.15) is 161 Å². The maximum atomic E-state index is 13.0. The monoisotopic (exact) mass is 662 g/mol. The van der Waals surface area contributed by atoms with Crippen LogP contribution < -0.4 is 0 Å². The molecule has 0 aromatic heterocycles. The van der Waals surface area contributed by atoms with Crippen molar-refractivity contribution in [3.05, 3.63) is 48.0 Å². The SMILES string of the molecule is C=C1CC[C@@]2(O)C3CC4C=CC(OC(=O)CCCCCCCCCCC/C=C\CCCCCCCC)=C5O[C@@H]1[C@]2(CCN3CC1CC1)C54. The van der Waals surface area contributed by atoms with E-state index in [1.165, 1.54) is 109 Å². The zero-order valence-electron chi connectivity index (χ0n) is 30.4. The quantitative estimate of drug-likeness (QED) is 0.0711. The lowest BCUT2D eigenvalue weighted by molar-refractivity contribution is -0.240. The van der Waals surface area contributed by atoms with E-state index < -0.39 is 5.60 Å². The molecular formula is C43H67NO4. The van der Waals surface area contributed by atoms with Crippen molar-refractivity contribution in [2.24, 2.45) is 23.2 Å². The number of rotatable bonds is 22. The molecule has 4 aliphatic carbocycles. The fraction of sp³-hybridized carbons (Fsp3) is 0.791. The smallest absolute Gasteiger partial charge is 0.311 e. The van der Waals surface area contributed by atoms with Crippen molar-refractivity contribution in [1.29, 1.82) is 0 Å². The Labute approximate surface area is 292 Å². The van der Waals surface area contributed by atoms with Crippen LogP contribution in [0.15, 0.2) is 48.0 Å². The Morgan fingerprint density at radius 3 is 2.27 bits per heavy atom. The molecule has 1 N–H and O–H groups in total. The Bertz CT molecular complexity index is 1180. The predicted octanol–water partition coefficient (Wildman–Crippen LogP) is 10.5. The average molecular weight is 662 g/mol. The first-order valence-electron chi connectivity index (χ1n) is 20.6. The number of likely N-dealkylation sites (tertiary alicyclic amines) is 1. The molecule has 1 spiro atoms. The minimum atomic E-state index is -0.779. The number of hydrogen-bond donors (Lipinski definition) is 1. The molecule has 0 aromatic rings. The van der Waals surface area contributed by atoms with Crippen molar-refractivity contribution < 1.29 is 19.4 Å². The van der Waals surface area contributed by atoms with Gasteiger partial charge in [-0.3, -0.25) is 9.69 Å². The first-order valence-corrected chi connectivity index (χ1v) is 20.6. The number of allylic oxidation sites excluding steroid dienone is 5. The number of carbonyl (C=O) groups excluding carboxylic acids is 1. The van der Waals surface area contributed by atoms with Crippen LogP contribution in [-0.4, -0.2) is 46.8 Å². The number of aliphatic hydroxyl groups is 1. The van der Waals surface area contributed by atoms with Gasteiger partial charge < -0.3 is 14.6 Å². The number of esters is 1. The normalized spacial score (nSPS) is 32.2. The fourth-order valence-corrected chi connectivity index (χ4v) is 10.3. The molecule has 6 rings (SSSR count). The van der Waals surface area contributed by atoms with E-state index in [9.17, 15) is 9.90 Å². The number of carbonyl (C=O) groups is 1. The summed E-state index contributed by atoms with van der Waals surface area (Å²) in [6.45, 7) is 8.87. The maximum Gasteiger partial charge on any atom is 0.311 e. The molecule has 0 radical (unpaired) electrons. The fourth-order valence-electron chi connectivity index (χ4n) is 10.3. The summed E-state index contributed by atoms with van der Waals surface area (Å²) in [4.78, 5) is 15.6.